The average molecular weight is 912 g/mol. The van der Waals surface area contributed by atoms with Gasteiger partial charge in [-0.2, -0.15) is 0 Å². The van der Waals surface area contributed by atoms with Crippen molar-refractivity contribution in [2.75, 3.05) is 19.6 Å². The number of anilines is 12. The van der Waals surface area contributed by atoms with E-state index in [1.807, 2.05) is 0 Å². The van der Waals surface area contributed by atoms with Crippen LogP contribution in [0.2, 0.25) is 0 Å². The van der Waals surface area contributed by atoms with Gasteiger partial charge in [-0.05, 0) is 152 Å². The van der Waals surface area contributed by atoms with Crippen LogP contribution in [0.4, 0.5) is 68.2 Å². The molecule has 0 fully saturated rings. The first-order valence-electron chi connectivity index (χ1n) is 24.1. The SMILES string of the molecule is c1ccc(N(c2ccccc2)c2cc(N(c3ccccc3)c3ccccc3)cc(-n3c4ccc(N(c5ccccc5)c5ccccc5)cc4c4cc(N(c5ccccc5)c5ccccc5)ccc43)c2)cc1. The molecule has 0 atom stereocenters. The Hall–Kier alpha value is -9.58. The Morgan fingerprint density at radius 1 is 0.183 bits per heavy atom. The lowest BCUT2D eigenvalue weighted by atomic mass is 10.1. The maximum Gasteiger partial charge on any atom is 0.0542 e. The summed E-state index contributed by atoms with van der Waals surface area (Å²) in [6.07, 6.45) is 0. The minimum absolute atomic E-state index is 1.02. The molecule has 338 valence electrons. The molecule has 0 amide bonds. The highest BCUT2D eigenvalue weighted by Crippen LogP contribution is 2.46. The molecule has 11 aromatic carbocycles. The van der Waals surface area contributed by atoms with Crippen molar-refractivity contribution < 1.29 is 0 Å². The van der Waals surface area contributed by atoms with Crippen LogP contribution in [0.25, 0.3) is 27.5 Å². The van der Waals surface area contributed by atoms with E-state index in [4.69, 9.17) is 0 Å². The first-order chi connectivity index (χ1) is 35.2. The van der Waals surface area contributed by atoms with E-state index in [9.17, 15) is 0 Å². The Bertz CT molecular complexity index is 3280. The van der Waals surface area contributed by atoms with Crippen molar-refractivity contribution in [2.24, 2.45) is 0 Å². The second kappa shape index (κ2) is 19.2. The molecule has 0 N–H and O–H groups in total. The zero-order valence-electron chi connectivity index (χ0n) is 39.0. The van der Waals surface area contributed by atoms with Crippen molar-refractivity contribution in [3.05, 3.63) is 297 Å². The van der Waals surface area contributed by atoms with Crippen LogP contribution in [0.5, 0.6) is 0 Å². The fourth-order valence-corrected chi connectivity index (χ4v) is 9.93. The lowest BCUT2D eigenvalue weighted by molar-refractivity contribution is 1.16. The zero-order chi connectivity index (χ0) is 47.3. The Labute approximate surface area is 415 Å². The summed E-state index contributed by atoms with van der Waals surface area (Å²) in [5.74, 6) is 0. The number of para-hydroxylation sites is 8. The highest BCUT2D eigenvalue weighted by atomic mass is 15.2. The quantitative estimate of drug-likeness (QED) is 0.115. The molecule has 0 spiro atoms. The molecule has 71 heavy (non-hydrogen) atoms. The van der Waals surface area contributed by atoms with E-state index in [1.54, 1.807) is 0 Å². The fourth-order valence-electron chi connectivity index (χ4n) is 9.93. The third-order valence-corrected chi connectivity index (χ3v) is 13.0. The Morgan fingerprint density at radius 2 is 0.408 bits per heavy atom. The number of hydrogen-bond donors (Lipinski definition) is 0. The van der Waals surface area contributed by atoms with E-state index < -0.39 is 0 Å². The molecule has 12 aromatic rings. The normalized spacial score (nSPS) is 11.1. The van der Waals surface area contributed by atoms with Crippen molar-refractivity contribution in [1.82, 2.24) is 4.57 Å². The van der Waals surface area contributed by atoms with Gasteiger partial charge in [0.15, 0.2) is 0 Å². The van der Waals surface area contributed by atoms with Crippen LogP contribution in [0.3, 0.4) is 0 Å². The molecule has 0 saturated heterocycles. The minimum Gasteiger partial charge on any atom is -0.310 e. The van der Waals surface area contributed by atoms with Crippen LogP contribution < -0.4 is 19.6 Å². The second-order valence-electron chi connectivity index (χ2n) is 17.5. The molecule has 0 saturated carbocycles. The second-order valence-corrected chi connectivity index (χ2v) is 17.5. The largest absolute Gasteiger partial charge is 0.310 e. The summed E-state index contributed by atoms with van der Waals surface area (Å²) in [6, 6.07) is 106. The van der Waals surface area contributed by atoms with Crippen LogP contribution >= 0.6 is 0 Å². The first-order valence-corrected chi connectivity index (χ1v) is 24.1. The highest BCUT2D eigenvalue weighted by Gasteiger charge is 2.24. The topological polar surface area (TPSA) is 17.9 Å². The fraction of sp³-hybridized carbons (Fsp3) is 0. The molecule has 0 aliphatic carbocycles. The standard InChI is InChI=1S/C66H49N5/c1-9-25-50(26-10-1)67(51-27-11-2-12-28-51)58-41-43-65-63(48-58)64-49-59(68(52-29-13-3-14-30-52)53-31-15-4-16-32-53)42-44-66(64)71(65)62-46-60(69(54-33-17-5-18-34-54)55-35-19-6-20-36-55)45-61(47-62)70(56-37-21-7-22-38-56)57-39-23-8-24-40-57/h1-49H. The Kier molecular flexibility index (Phi) is 11.6. The number of fused-ring (bicyclic) bond motifs is 3. The van der Waals surface area contributed by atoms with E-state index in [-0.39, 0.29) is 0 Å². The van der Waals surface area contributed by atoms with Crippen molar-refractivity contribution in [3.8, 4) is 5.69 Å². The summed E-state index contributed by atoms with van der Waals surface area (Å²) in [6.45, 7) is 0. The smallest absolute Gasteiger partial charge is 0.0542 e. The van der Waals surface area contributed by atoms with Crippen LogP contribution in [-0.4, -0.2) is 4.57 Å². The minimum atomic E-state index is 1.02. The monoisotopic (exact) mass is 911 g/mol. The third-order valence-electron chi connectivity index (χ3n) is 13.0. The Balaban J connectivity index is 1.16. The maximum atomic E-state index is 2.46. The molecule has 5 nitrogen and oxygen atoms in total. The zero-order valence-corrected chi connectivity index (χ0v) is 39.0. The predicted molar refractivity (Wildman–Crippen MR) is 300 cm³/mol. The van der Waals surface area contributed by atoms with E-state index in [2.05, 4.69) is 321 Å². The number of aromatic nitrogens is 1. The van der Waals surface area contributed by atoms with Gasteiger partial charge in [0, 0.05) is 67.6 Å². The van der Waals surface area contributed by atoms with Gasteiger partial charge in [0.1, 0.15) is 0 Å². The molecule has 0 unspecified atom stereocenters. The summed E-state index contributed by atoms with van der Waals surface area (Å²) >= 11 is 0. The molecule has 0 radical (unpaired) electrons. The number of hydrogen-bond acceptors (Lipinski definition) is 4. The molecule has 0 bridgehead atoms. The van der Waals surface area contributed by atoms with Crippen molar-refractivity contribution in [3.63, 3.8) is 0 Å². The molecular weight excluding hydrogens is 863 g/mol. The summed E-state index contributed by atoms with van der Waals surface area (Å²) in [5.41, 5.74) is 16.0. The first kappa shape index (κ1) is 42.8. The van der Waals surface area contributed by atoms with E-state index in [0.29, 0.717) is 0 Å². The van der Waals surface area contributed by atoms with Crippen LogP contribution in [-0.2, 0) is 0 Å². The lowest BCUT2D eigenvalue weighted by Crippen LogP contribution is -2.14. The third kappa shape index (κ3) is 8.43. The predicted octanol–water partition coefficient (Wildman–Crippen LogP) is 18.7. The number of nitrogens with zero attached hydrogens (tertiary/aromatic N) is 5. The van der Waals surface area contributed by atoms with E-state index in [1.165, 1.54) is 0 Å². The van der Waals surface area contributed by atoms with Gasteiger partial charge in [0.2, 0.25) is 0 Å². The van der Waals surface area contributed by atoms with Gasteiger partial charge in [-0.1, -0.05) is 146 Å². The summed E-state index contributed by atoms with van der Waals surface area (Å²) < 4.78 is 2.46. The maximum absolute atomic E-state index is 2.46. The van der Waals surface area contributed by atoms with Gasteiger partial charge in [-0.3, -0.25) is 0 Å². The van der Waals surface area contributed by atoms with Crippen LogP contribution in [0, 0.1) is 0 Å². The van der Waals surface area contributed by atoms with E-state index in [0.717, 1.165) is 95.7 Å². The van der Waals surface area contributed by atoms with Crippen molar-refractivity contribution in [2.45, 2.75) is 0 Å². The van der Waals surface area contributed by atoms with Crippen LogP contribution in [0.1, 0.15) is 0 Å². The van der Waals surface area contributed by atoms with Crippen LogP contribution in [0.15, 0.2) is 297 Å². The van der Waals surface area contributed by atoms with Crippen molar-refractivity contribution >= 4 is 90.1 Å². The van der Waals surface area contributed by atoms with Gasteiger partial charge in [0.25, 0.3) is 0 Å². The summed E-state index contributed by atoms with van der Waals surface area (Å²) in [7, 11) is 0. The number of benzene rings is 11. The Morgan fingerprint density at radius 3 is 0.648 bits per heavy atom. The summed E-state index contributed by atoms with van der Waals surface area (Å²) in [5, 5.41) is 2.27. The average Bonchev–Trinajstić information content (AvgIpc) is 3.77. The number of rotatable bonds is 13. The van der Waals surface area contributed by atoms with Gasteiger partial charge < -0.3 is 24.2 Å². The van der Waals surface area contributed by atoms with Gasteiger partial charge in [0.05, 0.1) is 28.1 Å². The summed E-state index contributed by atoms with van der Waals surface area (Å²) in [4.78, 5) is 9.42. The van der Waals surface area contributed by atoms with Crippen molar-refractivity contribution in [1.29, 1.82) is 0 Å². The van der Waals surface area contributed by atoms with E-state index >= 15 is 0 Å². The molecule has 0 aliphatic heterocycles. The molecule has 0 aliphatic rings. The molecule has 12 rings (SSSR count). The molecule has 1 heterocycles. The molecule has 1 aromatic heterocycles. The van der Waals surface area contributed by atoms with Gasteiger partial charge >= 0.3 is 0 Å². The highest BCUT2D eigenvalue weighted by molar-refractivity contribution is 6.12. The van der Waals surface area contributed by atoms with Gasteiger partial charge in [-0.15, -0.1) is 0 Å². The molecule has 5 heteroatoms. The van der Waals surface area contributed by atoms with Gasteiger partial charge in [-0.25, -0.2) is 0 Å². The lowest BCUT2D eigenvalue weighted by Gasteiger charge is -2.30. The molecular formula is C66H49N5.